The van der Waals surface area contributed by atoms with Crippen molar-refractivity contribution in [2.45, 2.75) is 6.92 Å². The molecular formula is C9H9BrO3. The zero-order valence-electron chi connectivity index (χ0n) is 7.08. The van der Waals surface area contributed by atoms with Crippen LogP contribution in [0.4, 0.5) is 0 Å². The molecule has 13 heavy (non-hydrogen) atoms. The minimum atomic E-state index is -0.941. The average molecular weight is 245 g/mol. The highest BCUT2D eigenvalue weighted by Gasteiger charge is 2.06. The largest absolute Gasteiger partial charge is 0.493 e. The summed E-state index contributed by atoms with van der Waals surface area (Å²) in [5, 5.41) is 8.67. The van der Waals surface area contributed by atoms with E-state index in [0.29, 0.717) is 16.8 Å². The monoisotopic (exact) mass is 244 g/mol. The van der Waals surface area contributed by atoms with Crippen LogP contribution in [0.1, 0.15) is 17.3 Å². The van der Waals surface area contributed by atoms with Gasteiger partial charge >= 0.3 is 5.97 Å². The molecule has 0 saturated carbocycles. The van der Waals surface area contributed by atoms with Gasteiger partial charge in [-0.1, -0.05) is 0 Å². The molecule has 0 bridgehead atoms. The van der Waals surface area contributed by atoms with Crippen LogP contribution in [0.15, 0.2) is 22.7 Å². The van der Waals surface area contributed by atoms with Crippen molar-refractivity contribution in [2.75, 3.05) is 6.61 Å². The molecule has 0 aliphatic rings. The topological polar surface area (TPSA) is 46.5 Å². The minimum Gasteiger partial charge on any atom is -0.493 e. The number of carbonyl (C=O) groups is 1. The molecule has 1 aromatic carbocycles. The maximum absolute atomic E-state index is 10.6. The maximum atomic E-state index is 10.6. The van der Waals surface area contributed by atoms with Crippen LogP contribution in [0.25, 0.3) is 0 Å². The highest BCUT2D eigenvalue weighted by atomic mass is 79.9. The fraction of sp³-hybridized carbons (Fsp3) is 0.222. The lowest BCUT2D eigenvalue weighted by Crippen LogP contribution is -1.98. The van der Waals surface area contributed by atoms with Gasteiger partial charge in [0.05, 0.1) is 16.6 Å². The second kappa shape index (κ2) is 4.28. The number of halogens is 1. The number of rotatable bonds is 3. The average Bonchev–Trinajstić information content (AvgIpc) is 2.08. The zero-order chi connectivity index (χ0) is 9.84. The predicted octanol–water partition coefficient (Wildman–Crippen LogP) is 2.55. The molecule has 0 radical (unpaired) electrons. The lowest BCUT2D eigenvalue weighted by atomic mass is 10.2. The molecule has 70 valence electrons. The molecule has 0 spiro atoms. The summed E-state index contributed by atoms with van der Waals surface area (Å²) in [7, 11) is 0. The van der Waals surface area contributed by atoms with Gasteiger partial charge in [0.1, 0.15) is 5.75 Å². The number of carboxylic acid groups (broad SMARTS) is 1. The van der Waals surface area contributed by atoms with E-state index in [1.807, 2.05) is 6.92 Å². The van der Waals surface area contributed by atoms with E-state index in [-0.39, 0.29) is 5.56 Å². The summed E-state index contributed by atoms with van der Waals surface area (Å²) in [4.78, 5) is 10.6. The van der Waals surface area contributed by atoms with Gasteiger partial charge in [-0.15, -0.1) is 0 Å². The third-order valence-corrected chi connectivity index (χ3v) is 2.10. The van der Waals surface area contributed by atoms with Crippen LogP contribution < -0.4 is 4.74 Å². The quantitative estimate of drug-likeness (QED) is 0.889. The molecule has 1 aromatic rings. The molecule has 0 fully saturated rings. The van der Waals surface area contributed by atoms with E-state index in [4.69, 9.17) is 9.84 Å². The molecule has 0 aliphatic carbocycles. The highest BCUT2D eigenvalue weighted by molar-refractivity contribution is 9.10. The van der Waals surface area contributed by atoms with Crippen molar-refractivity contribution in [3.8, 4) is 5.75 Å². The minimum absolute atomic E-state index is 0.246. The molecule has 0 aliphatic heterocycles. The lowest BCUT2D eigenvalue weighted by Gasteiger charge is -2.05. The van der Waals surface area contributed by atoms with E-state index < -0.39 is 5.97 Å². The Labute approximate surface area is 84.5 Å². The van der Waals surface area contributed by atoms with Gasteiger partial charge in [0, 0.05) is 0 Å². The third-order valence-electron chi connectivity index (χ3n) is 1.48. The normalized spacial score (nSPS) is 9.69. The summed E-state index contributed by atoms with van der Waals surface area (Å²) in [5.74, 6) is -0.281. The van der Waals surface area contributed by atoms with Crippen LogP contribution in [0.3, 0.4) is 0 Å². The molecular weight excluding hydrogens is 236 g/mol. The first-order valence-electron chi connectivity index (χ1n) is 3.80. The number of hydrogen-bond donors (Lipinski definition) is 1. The first kappa shape index (κ1) is 10.1. The Morgan fingerprint density at radius 3 is 2.77 bits per heavy atom. The Morgan fingerprint density at radius 1 is 1.62 bits per heavy atom. The summed E-state index contributed by atoms with van der Waals surface area (Å²) in [6.45, 7) is 2.43. The summed E-state index contributed by atoms with van der Waals surface area (Å²) >= 11 is 3.23. The molecule has 0 saturated heterocycles. The van der Waals surface area contributed by atoms with Gasteiger partial charge in [-0.2, -0.15) is 0 Å². The van der Waals surface area contributed by atoms with Gasteiger partial charge < -0.3 is 9.84 Å². The highest BCUT2D eigenvalue weighted by Crippen LogP contribution is 2.25. The second-order valence-corrected chi connectivity index (χ2v) is 3.24. The van der Waals surface area contributed by atoms with Crippen molar-refractivity contribution in [2.24, 2.45) is 0 Å². The SMILES string of the molecule is CCOc1ccc(C(=O)O)cc1Br. The van der Waals surface area contributed by atoms with Crippen molar-refractivity contribution < 1.29 is 14.6 Å². The fourth-order valence-electron chi connectivity index (χ4n) is 0.906. The molecule has 0 amide bonds. The Hall–Kier alpha value is -1.03. The van der Waals surface area contributed by atoms with Crippen LogP contribution in [0, 0.1) is 0 Å². The van der Waals surface area contributed by atoms with Crippen molar-refractivity contribution >= 4 is 21.9 Å². The summed E-state index contributed by atoms with van der Waals surface area (Å²) < 4.78 is 5.89. The third kappa shape index (κ3) is 2.45. The standard InChI is InChI=1S/C9H9BrO3/c1-2-13-8-4-3-6(9(11)12)5-7(8)10/h3-5H,2H2,1H3,(H,11,12). The van der Waals surface area contributed by atoms with Gasteiger partial charge in [-0.05, 0) is 41.1 Å². The summed E-state index contributed by atoms with van der Waals surface area (Å²) in [6.07, 6.45) is 0. The first-order chi connectivity index (χ1) is 6.15. The van der Waals surface area contributed by atoms with Crippen molar-refractivity contribution in [1.82, 2.24) is 0 Å². The van der Waals surface area contributed by atoms with Crippen molar-refractivity contribution in [3.05, 3.63) is 28.2 Å². The van der Waals surface area contributed by atoms with E-state index in [1.165, 1.54) is 12.1 Å². The van der Waals surface area contributed by atoms with Crippen LogP contribution in [0.5, 0.6) is 5.75 Å². The van der Waals surface area contributed by atoms with Gasteiger partial charge in [-0.25, -0.2) is 4.79 Å². The number of hydrogen-bond acceptors (Lipinski definition) is 2. The van der Waals surface area contributed by atoms with Gasteiger partial charge in [0.15, 0.2) is 0 Å². The van der Waals surface area contributed by atoms with E-state index >= 15 is 0 Å². The fourth-order valence-corrected chi connectivity index (χ4v) is 1.40. The number of benzene rings is 1. The molecule has 1 N–H and O–H groups in total. The van der Waals surface area contributed by atoms with Crippen molar-refractivity contribution in [1.29, 1.82) is 0 Å². The number of carboxylic acids is 1. The first-order valence-corrected chi connectivity index (χ1v) is 4.60. The number of ether oxygens (including phenoxy) is 1. The zero-order valence-corrected chi connectivity index (χ0v) is 8.67. The van der Waals surface area contributed by atoms with Crippen LogP contribution in [0.2, 0.25) is 0 Å². The Kier molecular flexibility index (Phi) is 3.31. The van der Waals surface area contributed by atoms with Gasteiger partial charge in [0.2, 0.25) is 0 Å². The van der Waals surface area contributed by atoms with E-state index in [9.17, 15) is 4.79 Å². The molecule has 0 atom stereocenters. The molecule has 1 rings (SSSR count). The Bertz CT molecular complexity index is 323. The van der Waals surface area contributed by atoms with Crippen LogP contribution in [-0.2, 0) is 0 Å². The van der Waals surface area contributed by atoms with Crippen LogP contribution in [-0.4, -0.2) is 17.7 Å². The Morgan fingerprint density at radius 2 is 2.31 bits per heavy atom. The molecule has 0 aromatic heterocycles. The van der Waals surface area contributed by atoms with E-state index in [0.717, 1.165) is 0 Å². The molecule has 0 heterocycles. The molecule has 4 heteroatoms. The summed E-state index contributed by atoms with van der Waals surface area (Å²) in [5.41, 5.74) is 0.246. The molecule has 3 nitrogen and oxygen atoms in total. The maximum Gasteiger partial charge on any atom is 0.335 e. The lowest BCUT2D eigenvalue weighted by molar-refractivity contribution is 0.0697. The van der Waals surface area contributed by atoms with E-state index in [2.05, 4.69) is 15.9 Å². The van der Waals surface area contributed by atoms with Crippen LogP contribution >= 0.6 is 15.9 Å². The van der Waals surface area contributed by atoms with Gasteiger partial charge in [-0.3, -0.25) is 0 Å². The summed E-state index contributed by atoms with van der Waals surface area (Å²) in [6, 6.07) is 4.67. The number of aromatic carboxylic acids is 1. The van der Waals surface area contributed by atoms with E-state index in [1.54, 1.807) is 6.07 Å². The van der Waals surface area contributed by atoms with Crippen molar-refractivity contribution in [3.63, 3.8) is 0 Å². The second-order valence-electron chi connectivity index (χ2n) is 2.38. The Balaban J connectivity index is 2.98. The van der Waals surface area contributed by atoms with Gasteiger partial charge in [0.25, 0.3) is 0 Å². The predicted molar refractivity (Wildman–Crippen MR) is 52.3 cm³/mol. The smallest absolute Gasteiger partial charge is 0.335 e. The molecule has 0 unspecified atom stereocenters.